The van der Waals surface area contributed by atoms with Gasteiger partial charge in [0.2, 0.25) is 0 Å². The molecule has 0 saturated carbocycles. The van der Waals surface area contributed by atoms with E-state index in [9.17, 15) is 14.4 Å². The number of ether oxygens (including phenoxy) is 2. The third-order valence-electron chi connectivity index (χ3n) is 5.19. The van der Waals surface area contributed by atoms with Crippen LogP contribution >= 0.6 is 0 Å². The van der Waals surface area contributed by atoms with Crippen molar-refractivity contribution in [2.45, 2.75) is 26.8 Å². The number of hydrogen-bond acceptors (Lipinski definition) is 7. The van der Waals surface area contributed by atoms with Crippen LogP contribution < -0.4 is 10.6 Å². The predicted molar refractivity (Wildman–Crippen MR) is 121 cm³/mol. The van der Waals surface area contributed by atoms with Crippen LogP contribution in [0.3, 0.4) is 0 Å². The van der Waals surface area contributed by atoms with Gasteiger partial charge in [0.1, 0.15) is 29.9 Å². The number of urea groups is 1. The Balaban J connectivity index is 1.56. The molecule has 2 amide bonds. The van der Waals surface area contributed by atoms with Gasteiger partial charge in [-0.1, -0.05) is 29.8 Å². The van der Waals surface area contributed by atoms with Gasteiger partial charge in [0.15, 0.2) is 0 Å². The van der Waals surface area contributed by atoms with Crippen LogP contribution in [0.2, 0.25) is 0 Å². The lowest BCUT2D eigenvalue weighted by Crippen LogP contribution is -2.47. The summed E-state index contributed by atoms with van der Waals surface area (Å²) in [4.78, 5) is 37.7. The van der Waals surface area contributed by atoms with E-state index in [2.05, 4.69) is 20.8 Å². The van der Waals surface area contributed by atoms with Crippen LogP contribution in [0.1, 0.15) is 40.5 Å². The van der Waals surface area contributed by atoms with E-state index in [1.54, 1.807) is 32.0 Å². The van der Waals surface area contributed by atoms with Gasteiger partial charge in [0, 0.05) is 5.56 Å². The number of aryl methyl sites for hydroxylation is 2. The third-order valence-corrected chi connectivity index (χ3v) is 5.19. The summed E-state index contributed by atoms with van der Waals surface area (Å²) in [5, 5.41) is 12.0. The summed E-state index contributed by atoms with van der Waals surface area (Å²) in [5.41, 5.74) is 2.86. The van der Waals surface area contributed by atoms with Crippen LogP contribution in [-0.4, -0.2) is 41.4 Å². The monoisotopic (exact) mass is 464 g/mol. The second-order valence-electron chi connectivity index (χ2n) is 7.70. The fourth-order valence-electron chi connectivity index (χ4n) is 3.52. The molecule has 176 valence electrons. The Morgan fingerprint density at radius 3 is 2.50 bits per heavy atom. The SMILES string of the molecule is CCOC(=O)C1=C(COC(=O)c2cc(-c3ccc(C)cc3)n[nH]2)NC(=O)NC1c1ccc(C)o1. The highest BCUT2D eigenvalue weighted by atomic mass is 16.5. The summed E-state index contributed by atoms with van der Waals surface area (Å²) < 4.78 is 16.2. The number of amides is 2. The number of esters is 2. The summed E-state index contributed by atoms with van der Waals surface area (Å²) in [6.45, 7) is 5.16. The average molecular weight is 464 g/mol. The van der Waals surface area contributed by atoms with Crippen LogP contribution in [0.4, 0.5) is 4.79 Å². The Hall–Kier alpha value is -4.34. The standard InChI is InChI=1S/C24H24N4O6/c1-4-32-23(30)20-18(25-24(31)26-21(20)19-10-7-14(3)34-19)12-33-22(29)17-11-16(27-28-17)15-8-5-13(2)6-9-15/h5-11,21H,4,12H2,1-3H3,(H,27,28)(H2,25,26,31). The molecule has 34 heavy (non-hydrogen) atoms. The molecular weight excluding hydrogens is 440 g/mol. The number of hydrogen-bond donors (Lipinski definition) is 3. The van der Waals surface area contributed by atoms with E-state index in [1.807, 2.05) is 31.2 Å². The molecule has 1 unspecified atom stereocenters. The molecule has 1 aliphatic rings. The van der Waals surface area contributed by atoms with E-state index >= 15 is 0 Å². The largest absolute Gasteiger partial charge is 0.464 e. The molecule has 4 rings (SSSR count). The minimum Gasteiger partial charge on any atom is -0.464 e. The molecule has 3 N–H and O–H groups in total. The van der Waals surface area contributed by atoms with E-state index in [0.29, 0.717) is 17.2 Å². The first-order valence-corrected chi connectivity index (χ1v) is 10.7. The van der Waals surface area contributed by atoms with Crippen LogP contribution in [0, 0.1) is 13.8 Å². The van der Waals surface area contributed by atoms with Crippen molar-refractivity contribution in [1.82, 2.24) is 20.8 Å². The second kappa shape index (κ2) is 9.65. The topological polar surface area (TPSA) is 136 Å². The Morgan fingerprint density at radius 2 is 1.82 bits per heavy atom. The van der Waals surface area contributed by atoms with E-state index in [0.717, 1.165) is 11.1 Å². The number of aromatic nitrogens is 2. The lowest BCUT2D eigenvalue weighted by molar-refractivity contribution is -0.139. The first-order valence-electron chi connectivity index (χ1n) is 10.7. The van der Waals surface area contributed by atoms with Crippen molar-refractivity contribution in [2.75, 3.05) is 13.2 Å². The van der Waals surface area contributed by atoms with Gasteiger partial charge < -0.3 is 24.5 Å². The summed E-state index contributed by atoms with van der Waals surface area (Å²) in [6, 6.07) is 11.2. The number of carbonyl (C=O) groups excluding carboxylic acids is 3. The van der Waals surface area contributed by atoms with Gasteiger partial charge in [-0.25, -0.2) is 14.4 Å². The lowest BCUT2D eigenvalue weighted by atomic mass is 10.0. The molecule has 0 spiro atoms. The molecule has 2 aromatic heterocycles. The number of H-pyrrole nitrogens is 1. The van der Waals surface area contributed by atoms with Gasteiger partial charge in [-0.3, -0.25) is 5.10 Å². The maximum absolute atomic E-state index is 12.7. The molecule has 0 radical (unpaired) electrons. The molecule has 3 heterocycles. The first-order chi connectivity index (χ1) is 16.4. The highest BCUT2D eigenvalue weighted by Gasteiger charge is 2.36. The van der Waals surface area contributed by atoms with Crippen molar-refractivity contribution >= 4 is 18.0 Å². The molecule has 0 aliphatic carbocycles. The molecule has 1 aliphatic heterocycles. The summed E-state index contributed by atoms with van der Waals surface area (Å²) in [5.74, 6) is -0.388. The molecule has 1 aromatic carbocycles. The van der Waals surface area contributed by atoms with E-state index in [4.69, 9.17) is 13.9 Å². The van der Waals surface area contributed by atoms with Crippen molar-refractivity contribution in [3.8, 4) is 11.3 Å². The highest BCUT2D eigenvalue weighted by molar-refractivity contribution is 5.95. The van der Waals surface area contributed by atoms with Crippen LogP contribution in [0.5, 0.6) is 0 Å². The van der Waals surface area contributed by atoms with Crippen molar-refractivity contribution in [3.63, 3.8) is 0 Å². The lowest BCUT2D eigenvalue weighted by Gasteiger charge is -2.27. The third kappa shape index (κ3) is 4.85. The zero-order valence-electron chi connectivity index (χ0n) is 18.9. The van der Waals surface area contributed by atoms with Gasteiger partial charge in [0.25, 0.3) is 0 Å². The first kappa shape index (κ1) is 22.8. The summed E-state index contributed by atoms with van der Waals surface area (Å²) in [7, 11) is 0. The van der Waals surface area contributed by atoms with Crippen molar-refractivity contribution in [3.05, 3.63) is 76.5 Å². The molecule has 3 aromatic rings. The Bertz CT molecular complexity index is 1250. The van der Waals surface area contributed by atoms with Gasteiger partial charge in [-0.2, -0.15) is 5.10 Å². The van der Waals surface area contributed by atoms with Crippen molar-refractivity contribution < 1.29 is 28.3 Å². The Labute approximate surface area is 195 Å². The van der Waals surface area contributed by atoms with Crippen LogP contribution in [0.15, 0.2) is 58.2 Å². The fourth-order valence-corrected chi connectivity index (χ4v) is 3.52. The molecular formula is C24H24N4O6. The van der Waals surface area contributed by atoms with Gasteiger partial charge in [-0.05, 0) is 39.0 Å². The van der Waals surface area contributed by atoms with E-state index in [-0.39, 0.29) is 30.2 Å². The summed E-state index contributed by atoms with van der Waals surface area (Å²) in [6.07, 6.45) is 0. The summed E-state index contributed by atoms with van der Waals surface area (Å²) >= 11 is 0. The minimum absolute atomic E-state index is 0.0913. The predicted octanol–water partition coefficient (Wildman–Crippen LogP) is 3.31. The van der Waals surface area contributed by atoms with Gasteiger partial charge >= 0.3 is 18.0 Å². The number of aromatic amines is 1. The number of carbonyl (C=O) groups is 3. The fraction of sp³-hybridized carbons (Fsp3) is 0.250. The van der Waals surface area contributed by atoms with E-state index in [1.165, 1.54) is 0 Å². The van der Waals surface area contributed by atoms with E-state index < -0.39 is 24.0 Å². The number of furan rings is 1. The van der Waals surface area contributed by atoms with Crippen LogP contribution in [0.25, 0.3) is 11.3 Å². The number of rotatable bonds is 7. The number of nitrogens with zero attached hydrogens (tertiary/aromatic N) is 1. The minimum atomic E-state index is -0.893. The average Bonchev–Trinajstić information content (AvgIpc) is 3.47. The van der Waals surface area contributed by atoms with Crippen molar-refractivity contribution in [2.24, 2.45) is 0 Å². The molecule has 10 heteroatoms. The van der Waals surface area contributed by atoms with Crippen LogP contribution in [-0.2, 0) is 14.3 Å². The molecule has 0 fully saturated rings. The molecule has 1 atom stereocenters. The molecule has 10 nitrogen and oxygen atoms in total. The van der Waals surface area contributed by atoms with Gasteiger partial charge in [0.05, 0.1) is 23.6 Å². The molecule has 0 bridgehead atoms. The highest BCUT2D eigenvalue weighted by Crippen LogP contribution is 2.29. The van der Waals surface area contributed by atoms with Gasteiger partial charge in [-0.15, -0.1) is 0 Å². The Kier molecular flexibility index (Phi) is 6.48. The number of nitrogens with one attached hydrogen (secondary N) is 3. The second-order valence-corrected chi connectivity index (χ2v) is 7.70. The molecule has 0 saturated heterocycles. The zero-order chi connectivity index (χ0) is 24.2. The maximum atomic E-state index is 12.7. The maximum Gasteiger partial charge on any atom is 0.356 e. The quantitative estimate of drug-likeness (QED) is 0.457. The normalized spacial score (nSPS) is 15.5. The Morgan fingerprint density at radius 1 is 1.06 bits per heavy atom. The zero-order valence-corrected chi connectivity index (χ0v) is 18.9. The van der Waals surface area contributed by atoms with Crippen molar-refractivity contribution in [1.29, 1.82) is 0 Å². The smallest absolute Gasteiger partial charge is 0.356 e. The number of benzene rings is 1.